The minimum atomic E-state index is 0.222. The summed E-state index contributed by atoms with van der Waals surface area (Å²) >= 11 is 0. The van der Waals surface area contributed by atoms with Crippen molar-refractivity contribution in [2.24, 2.45) is 5.92 Å². The average Bonchev–Trinajstić information content (AvgIpc) is 2.14. The second-order valence-corrected chi connectivity index (χ2v) is 4.18. The summed E-state index contributed by atoms with van der Waals surface area (Å²) in [5.41, 5.74) is 0. The fraction of sp³-hybridized carbons (Fsp3) is 0.917. The Balaban J connectivity index is 3.73. The Labute approximate surface area is 88.5 Å². The quantitative estimate of drug-likeness (QED) is 0.670. The van der Waals surface area contributed by atoms with E-state index in [1.807, 2.05) is 0 Å². The van der Waals surface area contributed by atoms with Gasteiger partial charge < -0.3 is 5.32 Å². The highest BCUT2D eigenvalue weighted by Gasteiger charge is 2.11. The fourth-order valence-corrected chi connectivity index (χ4v) is 1.69. The molecule has 2 nitrogen and oxygen atoms in total. The zero-order chi connectivity index (χ0) is 11.0. The van der Waals surface area contributed by atoms with Gasteiger partial charge in [0.25, 0.3) is 0 Å². The van der Waals surface area contributed by atoms with Crippen LogP contribution in [0.25, 0.3) is 0 Å². The second-order valence-electron chi connectivity index (χ2n) is 4.18. The third-order valence-electron chi connectivity index (χ3n) is 2.67. The molecule has 0 aliphatic heterocycles. The van der Waals surface area contributed by atoms with Gasteiger partial charge in [0.05, 0.1) is 0 Å². The summed E-state index contributed by atoms with van der Waals surface area (Å²) in [7, 11) is 0. The van der Waals surface area contributed by atoms with E-state index >= 15 is 0 Å². The van der Waals surface area contributed by atoms with Crippen molar-refractivity contribution in [2.75, 3.05) is 0 Å². The summed E-state index contributed by atoms with van der Waals surface area (Å²) in [6.07, 6.45) is 5.06. The Hall–Kier alpha value is -0.530. The van der Waals surface area contributed by atoms with E-state index in [0.717, 1.165) is 19.3 Å². The van der Waals surface area contributed by atoms with E-state index < -0.39 is 0 Å². The summed E-state index contributed by atoms with van der Waals surface area (Å²) in [6, 6.07) is 0.372. The maximum atomic E-state index is 11.5. The van der Waals surface area contributed by atoms with Crippen LogP contribution in [0.5, 0.6) is 0 Å². The molecule has 0 saturated heterocycles. The number of hydrogen-bond acceptors (Lipinski definition) is 1. The van der Waals surface area contributed by atoms with Crippen molar-refractivity contribution in [3.8, 4) is 0 Å². The Kier molecular flexibility index (Phi) is 7.54. The predicted octanol–water partition coefficient (Wildman–Crippen LogP) is 3.12. The Morgan fingerprint density at radius 1 is 1.21 bits per heavy atom. The molecule has 0 rings (SSSR count). The molecule has 0 heterocycles. The van der Waals surface area contributed by atoms with Gasteiger partial charge in [-0.15, -0.1) is 0 Å². The lowest BCUT2D eigenvalue weighted by Crippen LogP contribution is -2.34. The van der Waals surface area contributed by atoms with Crippen molar-refractivity contribution < 1.29 is 4.79 Å². The van der Waals surface area contributed by atoms with E-state index in [9.17, 15) is 4.79 Å². The van der Waals surface area contributed by atoms with Gasteiger partial charge in [0.1, 0.15) is 0 Å². The smallest absolute Gasteiger partial charge is 0.220 e. The molecule has 0 aromatic heterocycles. The topological polar surface area (TPSA) is 29.1 Å². The summed E-state index contributed by atoms with van der Waals surface area (Å²) in [4.78, 5) is 11.5. The van der Waals surface area contributed by atoms with Crippen molar-refractivity contribution in [3.05, 3.63) is 0 Å². The number of carbonyl (C=O) groups excluding carboxylic acids is 1. The van der Waals surface area contributed by atoms with Gasteiger partial charge in [-0.1, -0.05) is 40.5 Å². The average molecular weight is 199 g/mol. The molecule has 0 aromatic carbocycles. The molecule has 0 aromatic rings. The third-order valence-corrected chi connectivity index (χ3v) is 2.67. The molecule has 0 aliphatic carbocycles. The molecule has 1 atom stereocenters. The molecule has 0 spiro atoms. The number of nitrogens with one attached hydrogen (secondary N) is 1. The highest BCUT2D eigenvalue weighted by Crippen LogP contribution is 2.10. The predicted molar refractivity (Wildman–Crippen MR) is 61.2 cm³/mol. The highest BCUT2D eigenvalue weighted by molar-refractivity contribution is 5.76. The van der Waals surface area contributed by atoms with Gasteiger partial charge in [0.15, 0.2) is 0 Å². The van der Waals surface area contributed by atoms with E-state index in [2.05, 4.69) is 33.0 Å². The van der Waals surface area contributed by atoms with Crippen molar-refractivity contribution in [2.45, 2.75) is 65.8 Å². The molecule has 1 N–H and O–H groups in total. The fourth-order valence-electron chi connectivity index (χ4n) is 1.69. The Morgan fingerprint density at radius 2 is 1.79 bits per heavy atom. The van der Waals surface area contributed by atoms with Gasteiger partial charge in [-0.3, -0.25) is 4.79 Å². The second kappa shape index (κ2) is 7.84. The van der Waals surface area contributed by atoms with Gasteiger partial charge in [-0.2, -0.15) is 0 Å². The van der Waals surface area contributed by atoms with Gasteiger partial charge in [-0.05, 0) is 18.8 Å². The lowest BCUT2D eigenvalue weighted by atomic mass is 10.0. The molecular weight excluding hydrogens is 174 g/mol. The molecule has 1 amide bonds. The zero-order valence-electron chi connectivity index (χ0n) is 10.1. The standard InChI is InChI=1S/C12H25NO/c1-5-8-10(4)9-12(14)13-11(6-2)7-3/h10-11H,5-9H2,1-4H3,(H,13,14). The van der Waals surface area contributed by atoms with Crippen LogP contribution >= 0.6 is 0 Å². The summed E-state index contributed by atoms with van der Waals surface area (Å²) in [6.45, 7) is 8.54. The SMILES string of the molecule is CCCC(C)CC(=O)NC(CC)CC. The van der Waals surface area contributed by atoms with Crippen LogP contribution in [0.15, 0.2) is 0 Å². The molecule has 84 valence electrons. The van der Waals surface area contributed by atoms with E-state index in [-0.39, 0.29) is 5.91 Å². The van der Waals surface area contributed by atoms with Crippen molar-refractivity contribution in [1.29, 1.82) is 0 Å². The molecule has 14 heavy (non-hydrogen) atoms. The van der Waals surface area contributed by atoms with Gasteiger partial charge in [0.2, 0.25) is 5.91 Å². The van der Waals surface area contributed by atoms with Crippen LogP contribution in [-0.2, 0) is 4.79 Å². The van der Waals surface area contributed by atoms with Crippen LogP contribution in [0.3, 0.4) is 0 Å². The van der Waals surface area contributed by atoms with Crippen LogP contribution in [0, 0.1) is 5.92 Å². The first-order chi connectivity index (χ1) is 6.63. The summed E-state index contributed by atoms with van der Waals surface area (Å²) in [5.74, 6) is 0.744. The van der Waals surface area contributed by atoms with E-state index in [1.54, 1.807) is 0 Å². The summed E-state index contributed by atoms with van der Waals surface area (Å²) in [5, 5.41) is 3.07. The van der Waals surface area contributed by atoms with Gasteiger partial charge in [-0.25, -0.2) is 0 Å². The molecule has 0 aliphatic rings. The Bertz CT molecular complexity index is 152. The van der Waals surface area contributed by atoms with Crippen molar-refractivity contribution in [1.82, 2.24) is 5.32 Å². The lowest BCUT2D eigenvalue weighted by molar-refractivity contribution is -0.122. The molecular formula is C12H25NO. The van der Waals surface area contributed by atoms with Crippen molar-refractivity contribution in [3.63, 3.8) is 0 Å². The molecule has 0 saturated carbocycles. The number of carbonyl (C=O) groups is 1. The van der Waals surface area contributed by atoms with Gasteiger partial charge in [0, 0.05) is 12.5 Å². The number of hydrogen-bond donors (Lipinski definition) is 1. The monoisotopic (exact) mass is 199 g/mol. The largest absolute Gasteiger partial charge is 0.353 e. The Morgan fingerprint density at radius 3 is 2.21 bits per heavy atom. The van der Waals surface area contributed by atoms with Crippen LogP contribution in [0.2, 0.25) is 0 Å². The molecule has 0 fully saturated rings. The highest BCUT2D eigenvalue weighted by atomic mass is 16.1. The van der Waals surface area contributed by atoms with E-state index in [4.69, 9.17) is 0 Å². The molecule has 1 unspecified atom stereocenters. The van der Waals surface area contributed by atoms with E-state index in [0.29, 0.717) is 18.4 Å². The zero-order valence-corrected chi connectivity index (χ0v) is 10.1. The molecule has 0 bridgehead atoms. The molecule has 2 heteroatoms. The number of amides is 1. The number of rotatable bonds is 7. The molecule has 0 radical (unpaired) electrons. The van der Waals surface area contributed by atoms with Gasteiger partial charge >= 0.3 is 0 Å². The first-order valence-corrected chi connectivity index (χ1v) is 5.93. The minimum Gasteiger partial charge on any atom is -0.353 e. The maximum absolute atomic E-state index is 11.5. The third kappa shape index (κ3) is 6.01. The van der Waals surface area contributed by atoms with Crippen LogP contribution < -0.4 is 5.32 Å². The minimum absolute atomic E-state index is 0.222. The van der Waals surface area contributed by atoms with E-state index in [1.165, 1.54) is 6.42 Å². The lowest BCUT2D eigenvalue weighted by Gasteiger charge is -2.16. The maximum Gasteiger partial charge on any atom is 0.220 e. The first kappa shape index (κ1) is 13.5. The van der Waals surface area contributed by atoms with Crippen LogP contribution in [0.1, 0.15) is 59.8 Å². The summed E-state index contributed by atoms with van der Waals surface area (Å²) < 4.78 is 0. The van der Waals surface area contributed by atoms with Crippen LogP contribution in [0.4, 0.5) is 0 Å². The first-order valence-electron chi connectivity index (χ1n) is 5.93. The normalized spacial score (nSPS) is 12.9. The van der Waals surface area contributed by atoms with Crippen LogP contribution in [-0.4, -0.2) is 11.9 Å². The van der Waals surface area contributed by atoms with Crippen molar-refractivity contribution >= 4 is 5.91 Å².